The summed E-state index contributed by atoms with van der Waals surface area (Å²) in [6.45, 7) is 0. The van der Waals surface area contributed by atoms with E-state index in [0.29, 0.717) is 16.5 Å². The van der Waals surface area contributed by atoms with Crippen molar-refractivity contribution in [1.29, 1.82) is 0 Å². The van der Waals surface area contributed by atoms with Crippen molar-refractivity contribution in [3.05, 3.63) is 59.1 Å². The van der Waals surface area contributed by atoms with Gasteiger partial charge in [0.1, 0.15) is 0 Å². The summed E-state index contributed by atoms with van der Waals surface area (Å²) in [5.74, 6) is 0.526. The molecule has 0 heterocycles. The normalized spacial score (nSPS) is 12.3. The minimum Gasteiger partial charge on any atom is -0.398 e. The SMILES string of the molecule is Nc1ccccc1C(O)CSc1ccccc1Cl. The van der Waals surface area contributed by atoms with Crippen molar-refractivity contribution in [2.45, 2.75) is 11.0 Å². The number of hydrogen-bond acceptors (Lipinski definition) is 3. The summed E-state index contributed by atoms with van der Waals surface area (Å²) in [5, 5.41) is 10.8. The number of rotatable bonds is 4. The maximum atomic E-state index is 10.1. The van der Waals surface area contributed by atoms with Crippen LogP contribution in [0.3, 0.4) is 0 Å². The number of nitrogens with two attached hydrogens (primary N) is 1. The highest BCUT2D eigenvalue weighted by atomic mass is 35.5. The van der Waals surface area contributed by atoms with Gasteiger partial charge < -0.3 is 10.8 Å². The maximum Gasteiger partial charge on any atom is 0.0903 e. The lowest BCUT2D eigenvalue weighted by atomic mass is 10.1. The molecule has 0 aliphatic heterocycles. The van der Waals surface area contributed by atoms with Crippen LogP contribution >= 0.6 is 23.4 Å². The van der Waals surface area contributed by atoms with Crippen LogP contribution in [0.15, 0.2) is 53.4 Å². The highest BCUT2D eigenvalue weighted by Crippen LogP contribution is 2.31. The average Bonchev–Trinajstić information content (AvgIpc) is 2.38. The Bertz CT molecular complexity index is 533. The lowest BCUT2D eigenvalue weighted by Gasteiger charge is -2.13. The van der Waals surface area contributed by atoms with E-state index in [1.165, 1.54) is 11.8 Å². The molecule has 0 fully saturated rings. The molecule has 0 aliphatic rings. The number of thioether (sulfide) groups is 1. The number of benzene rings is 2. The zero-order valence-corrected chi connectivity index (χ0v) is 11.3. The van der Waals surface area contributed by atoms with Gasteiger partial charge >= 0.3 is 0 Å². The molecule has 3 N–H and O–H groups in total. The van der Waals surface area contributed by atoms with E-state index in [-0.39, 0.29) is 0 Å². The summed E-state index contributed by atoms with van der Waals surface area (Å²) in [6.07, 6.45) is -0.590. The molecule has 1 atom stereocenters. The molecule has 18 heavy (non-hydrogen) atoms. The highest BCUT2D eigenvalue weighted by Gasteiger charge is 2.11. The van der Waals surface area contributed by atoms with E-state index in [1.54, 1.807) is 6.07 Å². The first-order valence-electron chi connectivity index (χ1n) is 5.58. The fourth-order valence-electron chi connectivity index (χ4n) is 1.63. The third-order valence-corrected chi connectivity index (χ3v) is 4.18. The summed E-state index contributed by atoms with van der Waals surface area (Å²) >= 11 is 7.58. The summed E-state index contributed by atoms with van der Waals surface area (Å²) in [4.78, 5) is 0.965. The van der Waals surface area contributed by atoms with Crippen LogP contribution in [-0.2, 0) is 0 Å². The molecule has 0 bridgehead atoms. The third-order valence-electron chi connectivity index (χ3n) is 2.59. The van der Waals surface area contributed by atoms with Crippen molar-refractivity contribution < 1.29 is 5.11 Å². The van der Waals surface area contributed by atoms with Gasteiger partial charge in [0.2, 0.25) is 0 Å². The zero-order chi connectivity index (χ0) is 13.0. The molecule has 0 amide bonds. The van der Waals surface area contributed by atoms with Gasteiger partial charge in [-0.05, 0) is 18.2 Å². The molecule has 2 rings (SSSR count). The molecular formula is C14H14ClNOS. The first kappa shape index (κ1) is 13.3. The molecule has 0 aromatic heterocycles. The molecule has 0 saturated heterocycles. The first-order chi connectivity index (χ1) is 8.68. The Morgan fingerprint density at radius 1 is 1.11 bits per heavy atom. The Morgan fingerprint density at radius 2 is 1.78 bits per heavy atom. The number of aliphatic hydroxyl groups excluding tert-OH is 1. The molecule has 2 aromatic rings. The van der Waals surface area contributed by atoms with Crippen LogP contribution in [0.2, 0.25) is 5.02 Å². The monoisotopic (exact) mass is 279 g/mol. The van der Waals surface area contributed by atoms with Crippen molar-refractivity contribution in [2.75, 3.05) is 11.5 Å². The Balaban J connectivity index is 2.03. The third kappa shape index (κ3) is 3.19. The van der Waals surface area contributed by atoms with Crippen LogP contribution in [0.4, 0.5) is 5.69 Å². The number of aliphatic hydroxyl groups is 1. The minimum absolute atomic E-state index is 0.526. The number of halogens is 1. The molecule has 1 unspecified atom stereocenters. The van der Waals surface area contributed by atoms with Gasteiger partial charge in [0.05, 0.1) is 11.1 Å². The Kier molecular flexibility index (Phi) is 4.53. The topological polar surface area (TPSA) is 46.2 Å². The van der Waals surface area contributed by atoms with Crippen LogP contribution in [0, 0.1) is 0 Å². The summed E-state index contributed by atoms with van der Waals surface area (Å²) in [5.41, 5.74) is 7.20. The van der Waals surface area contributed by atoms with E-state index < -0.39 is 6.10 Å². The van der Waals surface area contributed by atoms with Crippen LogP contribution < -0.4 is 5.73 Å². The Labute approximate surface area is 116 Å². The zero-order valence-electron chi connectivity index (χ0n) is 9.71. The van der Waals surface area contributed by atoms with Crippen LogP contribution in [-0.4, -0.2) is 10.9 Å². The van der Waals surface area contributed by atoms with Crippen LogP contribution in [0.1, 0.15) is 11.7 Å². The van der Waals surface area contributed by atoms with Crippen LogP contribution in [0.25, 0.3) is 0 Å². The van der Waals surface area contributed by atoms with Gasteiger partial charge in [0.15, 0.2) is 0 Å². The summed E-state index contributed by atoms with van der Waals surface area (Å²) in [6, 6.07) is 14.9. The molecule has 0 aliphatic carbocycles. The smallest absolute Gasteiger partial charge is 0.0903 e. The fraction of sp³-hybridized carbons (Fsp3) is 0.143. The fourth-order valence-corrected chi connectivity index (χ4v) is 2.83. The van der Waals surface area contributed by atoms with Crippen molar-refractivity contribution in [3.63, 3.8) is 0 Å². The average molecular weight is 280 g/mol. The molecule has 0 spiro atoms. The molecule has 0 radical (unpaired) electrons. The molecule has 0 saturated carbocycles. The number of nitrogen functional groups attached to an aromatic ring is 1. The number of hydrogen-bond donors (Lipinski definition) is 2. The van der Waals surface area contributed by atoms with Gasteiger partial charge in [-0.1, -0.05) is 41.9 Å². The van der Waals surface area contributed by atoms with E-state index in [1.807, 2.05) is 42.5 Å². The number of anilines is 1. The second-order valence-electron chi connectivity index (χ2n) is 3.89. The lowest BCUT2D eigenvalue weighted by Crippen LogP contribution is -2.04. The Morgan fingerprint density at radius 3 is 2.50 bits per heavy atom. The lowest BCUT2D eigenvalue weighted by molar-refractivity contribution is 0.205. The van der Waals surface area contributed by atoms with Crippen molar-refractivity contribution in [3.8, 4) is 0 Å². The van der Waals surface area contributed by atoms with Gasteiger partial charge in [-0.15, -0.1) is 11.8 Å². The Hall–Kier alpha value is -1.16. The predicted molar refractivity (Wildman–Crippen MR) is 78.0 cm³/mol. The molecule has 2 nitrogen and oxygen atoms in total. The molecule has 94 valence electrons. The van der Waals surface area contributed by atoms with Crippen molar-refractivity contribution >= 4 is 29.1 Å². The van der Waals surface area contributed by atoms with Gasteiger partial charge in [-0.25, -0.2) is 0 Å². The maximum absolute atomic E-state index is 10.1. The molecule has 4 heteroatoms. The largest absolute Gasteiger partial charge is 0.398 e. The quantitative estimate of drug-likeness (QED) is 0.662. The van der Waals surface area contributed by atoms with Gasteiger partial charge in [0.25, 0.3) is 0 Å². The second-order valence-corrected chi connectivity index (χ2v) is 5.36. The number of para-hydroxylation sites is 1. The second kappa shape index (κ2) is 6.14. The minimum atomic E-state index is -0.590. The predicted octanol–water partition coefficient (Wildman–Crippen LogP) is 3.75. The highest BCUT2D eigenvalue weighted by molar-refractivity contribution is 7.99. The standard InChI is InChI=1S/C14H14ClNOS/c15-11-6-2-4-8-14(11)18-9-13(17)10-5-1-3-7-12(10)16/h1-8,13,17H,9,16H2. The summed E-state index contributed by atoms with van der Waals surface area (Å²) in [7, 11) is 0. The van der Waals surface area contributed by atoms with E-state index >= 15 is 0 Å². The summed E-state index contributed by atoms with van der Waals surface area (Å²) < 4.78 is 0. The van der Waals surface area contributed by atoms with E-state index in [9.17, 15) is 5.11 Å². The van der Waals surface area contributed by atoms with Gasteiger partial charge in [0, 0.05) is 21.9 Å². The van der Waals surface area contributed by atoms with E-state index in [0.717, 1.165) is 10.5 Å². The van der Waals surface area contributed by atoms with E-state index in [2.05, 4.69) is 0 Å². The molecule has 2 aromatic carbocycles. The van der Waals surface area contributed by atoms with E-state index in [4.69, 9.17) is 17.3 Å². The first-order valence-corrected chi connectivity index (χ1v) is 6.94. The van der Waals surface area contributed by atoms with Crippen LogP contribution in [0.5, 0.6) is 0 Å². The van der Waals surface area contributed by atoms with Gasteiger partial charge in [-0.3, -0.25) is 0 Å². The van der Waals surface area contributed by atoms with Crippen molar-refractivity contribution in [2.24, 2.45) is 0 Å². The molecular weight excluding hydrogens is 266 g/mol. The van der Waals surface area contributed by atoms with Gasteiger partial charge in [-0.2, -0.15) is 0 Å². The van der Waals surface area contributed by atoms with Crippen molar-refractivity contribution in [1.82, 2.24) is 0 Å².